The quantitative estimate of drug-likeness (QED) is 0.777. The molecule has 0 unspecified atom stereocenters. The molecular weight excluding hydrogens is 382 g/mol. The van der Waals surface area contributed by atoms with Gasteiger partial charge in [0.05, 0.1) is 17.8 Å². The molecule has 8 nitrogen and oxygen atoms in total. The molecular formula is C22H39N5O3. The second kappa shape index (κ2) is 8.96. The number of anilines is 1. The van der Waals surface area contributed by atoms with Gasteiger partial charge in [0.1, 0.15) is 11.4 Å². The second-order valence-electron chi connectivity index (χ2n) is 10.4. The van der Waals surface area contributed by atoms with E-state index in [0.29, 0.717) is 18.3 Å². The number of carbonyl (C=O) groups is 2. The summed E-state index contributed by atoms with van der Waals surface area (Å²) in [4.78, 5) is 27.0. The van der Waals surface area contributed by atoms with Crippen LogP contribution in [0.3, 0.4) is 0 Å². The Morgan fingerprint density at radius 1 is 1.20 bits per heavy atom. The molecule has 0 saturated carbocycles. The lowest BCUT2D eigenvalue weighted by Crippen LogP contribution is -2.59. The van der Waals surface area contributed by atoms with Gasteiger partial charge in [-0.25, -0.2) is 9.48 Å². The van der Waals surface area contributed by atoms with E-state index in [0.717, 1.165) is 12.1 Å². The molecule has 2 N–H and O–H groups in total. The van der Waals surface area contributed by atoms with E-state index in [4.69, 9.17) is 4.74 Å². The molecule has 0 aromatic carbocycles. The molecule has 2 heterocycles. The Labute approximate surface area is 180 Å². The van der Waals surface area contributed by atoms with Crippen molar-refractivity contribution < 1.29 is 14.3 Å². The maximum Gasteiger partial charge on any atom is 0.410 e. The molecule has 8 heteroatoms. The van der Waals surface area contributed by atoms with Crippen LogP contribution in [0.15, 0.2) is 6.07 Å². The van der Waals surface area contributed by atoms with Crippen LogP contribution in [0.5, 0.6) is 0 Å². The number of aryl methyl sites for hydroxylation is 1. The summed E-state index contributed by atoms with van der Waals surface area (Å²) >= 11 is 0. The first-order valence-corrected chi connectivity index (χ1v) is 10.8. The summed E-state index contributed by atoms with van der Waals surface area (Å²) < 4.78 is 7.38. The van der Waals surface area contributed by atoms with E-state index in [1.807, 2.05) is 66.1 Å². The molecule has 0 radical (unpaired) electrons. The van der Waals surface area contributed by atoms with Crippen LogP contribution >= 0.6 is 0 Å². The van der Waals surface area contributed by atoms with Crippen molar-refractivity contribution in [3.63, 3.8) is 0 Å². The Kier molecular flexibility index (Phi) is 7.22. The summed E-state index contributed by atoms with van der Waals surface area (Å²) in [5.41, 5.74) is 0.0947. The maximum absolute atomic E-state index is 12.6. The highest BCUT2D eigenvalue weighted by Crippen LogP contribution is 2.25. The smallest absolute Gasteiger partial charge is 0.410 e. The van der Waals surface area contributed by atoms with E-state index in [1.54, 1.807) is 4.90 Å². The van der Waals surface area contributed by atoms with Gasteiger partial charge in [-0.3, -0.25) is 4.79 Å². The summed E-state index contributed by atoms with van der Waals surface area (Å²) in [5, 5.41) is 10.8. The molecule has 1 aliphatic heterocycles. The van der Waals surface area contributed by atoms with E-state index >= 15 is 0 Å². The van der Waals surface area contributed by atoms with Crippen molar-refractivity contribution in [2.75, 3.05) is 18.4 Å². The molecule has 0 spiro atoms. The van der Waals surface area contributed by atoms with Gasteiger partial charge in [-0.2, -0.15) is 5.10 Å². The van der Waals surface area contributed by atoms with Crippen LogP contribution in [0.2, 0.25) is 0 Å². The van der Waals surface area contributed by atoms with Crippen molar-refractivity contribution >= 4 is 17.8 Å². The molecule has 1 aliphatic rings. The number of piperidine rings is 1. The standard InChI is InChI=1S/C22H39N5O3/c1-14-10-11-26(20(29)30-22(7,8)9)16(3)19(14)23-13-18(28)24-17-12-15(2)25-27(17)21(4,5)6/h12,14,16,19,23H,10-11,13H2,1-9H3,(H,24,28)/t14-,16-,19+/m0/s1. The molecule has 3 atom stereocenters. The minimum Gasteiger partial charge on any atom is -0.444 e. The van der Waals surface area contributed by atoms with E-state index in [2.05, 4.69) is 22.7 Å². The second-order valence-corrected chi connectivity index (χ2v) is 10.4. The Balaban J connectivity index is 2.00. The molecule has 2 rings (SSSR count). The van der Waals surface area contributed by atoms with Crippen LogP contribution in [0.25, 0.3) is 0 Å². The van der Waals surface area contributed by atoms with E-state index in [1.165, 1.54) is 0 Å². The number of ether oxygens (including phenoxy) is 1. The normalized spacial score (nSPS) is 22.7. The van der Waals surface area contributed by atoms with Crippen molar-refractivity contribution in [3.8, 4) is 0 Å². The number of aromatic nitrogens is 2. The van der Waals surface area contributed by atoms with Gasteiger partial charge in [0.2, 0.25) is 5.91 Å². The molecule has 1 saturated heterocycles. The predicted octanol–water partition coefficient (Wildman–Crippen LogP) is 3.51. The van der Waals surface area contributed by atoms with Gasteiger partial charge in [0.25, 0.3) is 0 Å². The van der Waals surface area contributed by atoms with Gasteiger partial charge < -0.3 is 20.3 Å². The SMILES string of the molecule is Cc1cc(NC(=O)CN[C@@H]2[C@@H](C)CCN(C(=O)OC(C)(C)C)[C@H]2C)n(C(C)(C)C)n1. The van der Waals surface area contributed by atoms with Crippen molar-refractivity contribution in [2.45, 2.75) is 92.0 Å². The van der Waals surface area contributed by atoms with Crippen molar-refractivity contribution in [3.05, 3.63) is 11.8 Å². The van der Waals surface area contributed by atoms with Crippen LogP contribution in [-0.4, -0.2) is 57.5 Å². The van der Waals surface area contributed by atoms with Crippen LogP contribution in [0.1, 0.15) is 67.5 Å². The minimum atomic E-state index is -0.531. The zero-order valence-electron chi connectivity index (χ0n) is 20.0. The van der Waals surface area contributed by atoms with Gasteiger partial charge in [-0.05, 0) is 67.7 Å². The summed E-state index contributed by atoms with van der Waals surface area (Å²) in [6.07, 6.45) is 0.557. The molecule has 1 fully saturated rings. The monoisotopic (exact) mass is 421 g/mol. The van der Waals surface area contributed by atoms with Gasteiger partial charge in [-0.15, -0.1) is 0 Å². The number of hydrogen-bond acceptors (Lipinski definition) is 5. The third kappa shape index (κ3) is 6.20. The molecule has 0 bridgehead atoms. The zero-order valence-corrected chi connectivity index (χ0v) is 20.0. The Hall–Kier alpha value is -2.09. The first-order valence-electron chi connectivity index (χ1n) is 10.8. The average molecular weight is 422 g/mol. The van der Waals surface area contributed by atoms with Crippen molar-refractivity contribution in [1.82, 2.24) is 20.0 Å². The highest BCUT2D eigenvalue weighted by Gasteiger charge is 2.37. The molecule has 1 aromatic heterocycles. The third-order valence-electron chi connectivity index (χ3n) is 5.31. The Bertz CT molecular complexity index is 760. The van der Waals surface area contributed by atoms with E-state index < -0.39 is 5.60 Å². The number of likely N-dealkylation sites (tertiary alicyclic amines) is 1. The fourth-order valence-electron chi connectivity index (χ4n) is 3.84. The zero-order chi connectivity index (χ0) is 22.9. The van der Waals surface area contributed by atoms with Crippen LogP contribution < -0.4 is 10.6 Å². The van der Waals surface area contributed by atoms with Gasteiger partial charge in [0.15, 0.2) is 0 Å². The molecule has 0 aliphatic carbocycles. The van der Waals surface area contributed by atoms with Gasteiger partial charge in [0, 0.05) is 24.7 Å². The van der Waals surface area contributed by atoms with E-state index in [9.17, 15) is 9.59 Å². The largest absolute Gasteiger partial charge is 0.444 e. The van der Waals surface area contributed by atoms with Gasteiger partial charge >= 0.3 is 6.09 Å². The number of nitrogens with zero attached hydrogens (tertiary/aromatic N) is 3. The number of rotatable bonds is 4. The predicted molar refractivity (Wildman–Crippen MR) is 119 cm³/mol. The molecule has 30 heavy (non-hydrogen) atoms. The van der Waals surface area contributed by atoms with Crippen LogP contribution in [0, 0.1) is 12.8 Å². The lowest BCUT2D eigenvalue weighted by Gasteiger charge is -2.43. The summed E-state index contributed by atoms with van der Waals surface area (Å²) in [6, 6.07) is 1.81. The third-order valence-corrected chi connectivity index (χ3v) is 5.31. The first-order chi connectivity index (χ1) is 13.7. The van der Waals surface area contributed by atoms with Gasteiger partial charge in [-0.1, -0.05) is 6.92 Å². The van der Waals surface area contributed by atoms with Crippen molar-refractivity contribution in [2.24, 2.45) is 5.92 Å². The first kappa shape index (κ1) is 24.2. The fraction of sp³-hybridized carbons (Fsp3) is 0.773. The van der Waals surface area contributed by atoms with Crippen LogP contribution in [-0.2, 0) is 15.1 Å². The lowest BCUT2D eigenvalue weighted by molar-refractivity contribution is -0.115. The Morgan fingerprint density at radius 3 is 2.40 bits per heavy atom. The fourth-order valence-corrected chi connectivity index (χ4v) is 3.84. The average Bonchev–Trinajstić information content (AvgIpc) is 2.93. The molecule has 170 valence electrons. The maximum atomic E-state index is 12.6. The topological polar surface area (TPSA) is 88.5 Å². The highest BCUT2D eigenvalue weighted by molar-refractivity contribution is 5.91. The number of carbonyl (C=O) groups excluding carboxylic acids is 2. The number of amides is 2. The van der Waals surface area contributed by atoms with Crippen LogP contribution in [0.4, 0.5) is 10.6 Å². The summed E-state index contributed by atoms with van der Waals surface area (Å²) in [7, 11) is 0. The number of hydrogen-bond donors (Lipinski definition) is 2. The summed E-state index contributed by atoms with van der Waals surface area (Å²) in [5.74, 6) is 0.898. The van der Waals surface area contributed by atoms with E-state index in [-0.39, 0.29) is 36.2 Å². The molecule has 2 amide bonds. The minimum absolute atomic E-state index is 0.00582. The summed E-state index contributed by atoms with van der Waals surface area (Å²) in [6.45, 7) is 18.6. The molecule has 1 aromatic rings. The lowest BCUT2D eigenvalue weighted by atomic mass is 9.87. The number of nitrogens with one attached hydrogen (secondary N) is 2. The highest BCUT2D eigenvalue weighted by atomic mass is 16.6. The van der Waals surface area contributed by atoms with Crippen molar-refractivity contribution in [1.29, 1.82) is 0 Å². The Morgan fingerprint density at radius 2 is 1.83 bits per heavy atom.